The highest BCUT2D eigenvalue weighted by atomic mass is 35.5. The Bertz CT molecular complexity index is 587. The molecule has 0 unspecified atom stereocenters. The molecular formula is C13H10ClN3. The highest BCUT2D eigenvalue weighted by Gasteiger charge is 2.03. The quantitative estimate of drug-likeness (QED) is 0.876. The van der Waals surface area contributed by atoms with Crippen molar-refractivity contribution in [3.63, 3.8) is 0 Å². The molecule has 0 aliphatic carbocycles. The average molecular weight is 244 g/mol. The van der Waals surface area contributed by atoms with Crippen LogP contribution in [0.2, 0.25) is 5.02 Å². The number of hydrogen-bond donors (Lipinski definition) is 1. The van der Waals surface area contributed by atoms with E-state index in [1.165, 1.54) is 0 Å². The van der Waals surface area contributed by atoms with Gasteiger partial charge in [-0.3, -0.25) is 0 Å². The van der Waals surface area contributed by atoms with Gasteiger partial charge in [0, 0.05) is 11.9 Å². The molecule has 0 aliphatic rings. The van der Waals surface area contributed by atoms with Crippen molar-refractivity contribution in [2.24, 2.45) is 0 Å². The van der Waals surface area contributed by atoms with Crippen LogP contribution in [0.15, 0.2) is 36.5 Å². The molecule has 0 bridgehead atoms. The maximum atomic E-state index is 8.76. The van der Waals surface area contributed by atoms with Crippen LogP contribution < -0.4 is 5.32 Å². The van der Waals surface area contributed by atoms with Crippen LogP contribution in [-0.4, -0.2) is 4.98 Å². The van der Waals surface area contributed by atoms with Crippen molar-refractivity contribution in [1.82, 2.24) is 4.98 Å². The summed E-state index contributed by atoms with van der Waals surface area (Å²) in [5.74, 6) is 0. The molecule has 1 heterocycles. The number of pyridine rings is 1. The van der Waals surface area contributed by atoms with Crippen LogP contribution in [0.5, 0.6) is 0 Å². The van der Waals surface area contributed by atoms with Gasteiger partial charge in [-0.1, -0.05) is 23.7 Å². The van der Waals surface area contributed by atoms with Gasteiger partial charge in [-0.05, 0) is 30.7 Å². The maximum Gasteiger partial charge on any atom is 0.142 e. The number of hydrogen-bond acceptors (Lipinski definition) is 3. The molecule has 0 fully saturated rings. The molecule has 0 saturated heterocycles. The van der Waals surface area contributed by atoms with Gasteiger partial charge in [0.1, 0.15) is 11.8 Å². The lowest BCUT2D eigenvalue weighted by atomic mass is 10.2. The fourth-order valence-electron chi connectivity index (χ4n) is 1.47. The van der Waals surface area contributed by atoms with Crippen molar-refractivity contribution in [2.45, 2.75) is 6.92 Å². The Labute approximate surface area is 105 Å². The summed E-state index contributed by atoms with van der Waals surface area (Å²) in [7, 11) is 0. The van der Waals surface area contributed by atoms with Gasteiger partial charge in [0.25, 0.3) is 0 Å². The third-order valence-corrected chi connectivity index (χ3v) is 2.85. The summed E-state index contributed by atoms with van der Waals surface area (Å²) in [5, 5.41) is 12.6. The molecule has 2 aromatic rings. The largest absolute Gasteiger partial charge is 0.354 e. The number of aromatic nitrogens is 1. The number of nitrogens with one attached hydrogen (secondary N) is 1. The number of nitriles is 1. The highest BCUT2D eigenvalue weighted by Crippen LogP contribution is 2.28. The van der Waals surface area contributed by atoms with E-state index in [9.17, 15) is 0 Å². The molecule has 3 nitrogen and oxygen atoms in total. The van der Waals surface area contributed by atoms with Crippen molar-refractivity contribution in [3.8, 4) is 6.07 Å². The first-order valence-corrected chi connectivity index (χ1v) is 5.47. The third kappa shape index (κ3) is 2.55. The topological polar surface area (TPSA) is 48.7 Å². The van der Waals surface area contributed by atoms with E-state index in [2.05, 4.69) is 10.3 Å². The average Bonchev–Trinajstić information content (AvgIpc) is 2.35. The lowest BCUT2D eigenvalue weighted by Crippen LogP contribution is -1.93. The number of aryl methyl sites for hydroxylation is 1. The first-order valence-electron chi connectivity index (χ1n) is 5.09. The van der Waals surface area contributed by atoms with E-state index < -0.39 is 0 Å². The Balaban J connectivity index is 2.32. The second-order valence-electron chi connectivity index (χ2n) is 3.60. The Kier molecular flexibility index (Phi) is 3.27. The molecule has 4 heteroatoms. The fraction of sp³-hybridized carbons (Fsp3) is 0.0769. The van der Waals surface area contributed by atoms with Gasteiger partial charge >= 0.3 is 0 Å². The van der Waals surface area contributed by atoms with Crippen LogP contribution >= 0.6 is 11.6 Å². The SMILES string of the molecule is Cc1cccc(Nc2ccnc(C#N)c2)c1Cl. The van der Waals surface area contributed by atoms with Crippen molar-refractivity contribution in [1.29, 1.82) is 5.26 Å². The second kappa shape index (κ2) is 4.86. The van der Waals surface area contributed by atoms with E-state index in [1.807, 2.05) is 31.2 Å². The zero-order valence-electron chi connectivity index (χ0n) is 9.24. The first-order chi connectivity index (χ1) is 8.20. The van der Waals surface area contributed by atoms with Gasteiger partial charge in [0.15, 0.2) is 0 Å². The summed E-state index contributed by atoms with van der Waals surface area (Å²) in [6, 6.07) is 11.2. The summed E-state index contributed by atoms with van der Waals surface area (Å²) in [6.07, 6.45) is 1.59. The minimum atomic E-state index is 0.374. The van der Waals surface area contributed by atoms with Crippen LogP contribution in [0.3, 0.4) is 0 Å². The second-order valence-corrected chi connectivity index (χ2v) is 3.98. The highest BCUT2D eigenvalue weighted by molar-refractivity contribution is 6.34. The Morgan fingerprint density at radius 1 is 1.35 bits per heavy atom. The van der Waals surface area contributed by atoms with Crippen LogP contribution in [0, 0.1) is 18.3 Å². The molecule has 0 atom stereocenters. The van der Waals surface area contributed by atoms with Crippen molar-refractivity contribution in [3.05, 3.63) is 52.8 Å². The van der Waals surface area contributed by atoms with Gasteiger partial charge < -0.3 is 5.32 Å². The van der Waals surface area contributed by atoms with Crippen LogP contribution in [0.1, 0.15) is 11.3 Å². The van der Waals surface area contributed by atoms with E-state index >= 15 is 0 Å². The van der Waals surface area contributed by atoms with Crippen molar-refractivity contribution < 1.29 is 0 Å². The number of anilines is 2. The van der Waals surface area contributed by atoms with Gasteiger partial charge in [-0.2, -0.15) is 5.26 Å². The lowest BCUT2D eigenvalue weighted by molar-refractivity contribution is 1.26. The maximum absolute atomic E-state index is 8.76. The van der Waals surface area contributed by atoms with Gasteiger partial charge in [-0.25, -0.2) is 4.98 Å². The predicted molar refractivity (Wildman–Crippen MR) is 68.4 cm³/mol. The van der Waals surface area contributed by atoms with Gasteiger partial charge in [0.05, 0.1) is 10.7 Å². The minimum absolute atomic E-state index is 0.374. The Morgan fingerprint density at radius 2 is 2.18 bits per heavy atom. The van der Waals surface area contributed by atoms with Crippen LogP contribution in [0.25, 0.3) is 0 Å². The number of benzene rings is 1. The monoisotopic (exact) mass is 243 g/mol. The molecule has 17 heavy (non-hydrogen) atoms. The summed E-state index contributed by atoms with van der Waals surface area (Å²) in [5.41, 5.74) is 3.00. The number of rotatable bonds is 2. The zero-order chi connectivity index (χ0) is 12.3. The molecule has 1 N–H and O–H groups in total. The van der Waals surface area contributed by atoms with Crippen molar-refractivity contribution in [2.75, 3.05) is 5.32 Å². The summed E-state index contributed by atoms with van der Waals surface area (Å²) in [4.78, 5) is 3.91. The summed E-state index contributed by atoms with van der Waals surface area (Å²) < 4.78 is 0. The predicted octanol–water partition coefficient (Wildman–Crippen LogP) is 3.66. The molecule has 1 aromatic heterocycles. The molecule has 1 aromatic carbocycles. The molecule has 0 spiro atoms. The minimum Gasteiger partial charge on any atom is -0.354 e. The lowest BCUT2D eigenvalue weighted by Gasteiger charge is -2.09. The molecule has 0 radical (unpaired) electrons. The van der Waals surface area contributed by atoms with E-state index in [1.54, 1.807) is 18.3 Å². The molecule has 0 saturated carbocycles. The zero-order valence-corrected chi connectivity index (χ0v) is 9.99. The molecule has 84 valence electrons. The van der Waals surface area contributed by atoms with Gasteiger partial charge in [0.2, 0.25) is 0 Å². The summed E-state index contributed by atoms with van der Waals surface area (Å²) >= 11 is 6.17. The number of nitrogens with zero attached hydrogens (tertiary/aromatic N) is 2. The Hall–Kier alpha value is -2.05. The summed E-state index contributed by atoms with van der Waals surface area (Å²) in [6.45, 7) is 1.95. The third-order valence-electron chi connectivity index (χ3n) is 2.35. The molecule has 0 amide bonds. The van der Waals surface area contributed by atoms with Gasteiger partial charge in [-0.15, -0.1) is 0 Å². The molecule has 2 rings (SSSR count). The standard InChI is InChI=1S/C13H10ClN3/c1-9-3-2-4-12(13(9)14)17-10-5-6-16-11(7-10)8-15/h2-7H,1H3,(H,16,17). The smallest absolute Gasteiger partial charge is 0.142 e. The molecule has 0 aliphatic heterocycles. The normalized spacial score (nSPS) is 9.71. The first kappa shape index (κ1) is 11.4. The van der Waals surface area contributed by atoms with Crippen LogP contribution in [0.4, 0.5) is 11.4 Å². The van der Waals surface area contributed by atoms with E-state index in [-0.39, 0.29) is 0 Å². The van der Waals surface area contributed by atoms with E-state index in [0.717, 1.165) is 16.9 Å². The van der Waals surface area contributed by atoms with Crippen molar-refractivity contribution >= 4 is 23.0 Å². The van der Waals surface area contributed by atoms with E-state index in [0.29, 0.717) is 10.7 Å². The fourth-order valence-corrected chi connectivity index (χ4v) is 1.64. The molecular weight excluding hydrogens is 234 g/mol. The van der Waals surface area contributed by atoms with Crippen LogP contribution in [-0.2, 0) is 0 Å². The van der Waals surface area contributed by atoms with E-state index in [4.69, 9.17) is 16.9 Å². The number of halogens is 1. The Morgan fingerprint density at radius 3 is 2.94 bits per heavy atom.